The summed E-state index contributed by atoms with van der Waals surface area (Å²) < 4.78 is 38.7. The Kier molecular flexibility index (Phi) is 3.99. The Balaban J connectivity index is 2.08. The van der Waals surface area contributed by atoms with Gasteiger partial charge in [0.05, 0.1) is 5.75 Å². The Morgan fingerprint density at radius 1 is 1.33 bits per heavy atom. The molecule has 1 fully saturated rings. The van der Waals surface area contributed by atoms with Gasteiger partial charge in [-0.1, -0.05) is 12.1 Å². The van der Waals surface area contributed by atoms with Crippen molar-refractivity contribution >= 4 is 10.0 Å². The summed E-state index contributed by atoms with van der Waals surface area (Å²) in [5.74, 6) is -0.566. The van der Waals surface area contributed by atoms with Crippen molar-refractivity contribution in [3.63, 3.8) is 0 Å². The maximum absolute atomic E-state index is 13.0. The zero-order valence-electron chi connectivity index (χ0n) is 10.0. The first-order chi connectivity index (χ1) is 8.47. The average molecular weight is 272 g/mol. The standard InChI is InChI=1S/C12H17FN2O2S/c13-11-3-1-2-10(8-11)9-18(16,17)15-6-4-12(14)5-7-15/h1-3,8,12H,4-7,9,14H2. The van der Waals surface area contributed by atoms with Crippen LogP contribution in [0.1, 0.15) is 18.4 Å². The zero-order chi connectivity index (χ0) is 13.2. The maximum atomic E-state index is 13.0. The largest absolute Gasteiger partial charge is 0.328 e. The third-order valence-corrected chi connectivity index (χ3v) is 4.98. The van der Waals surface area contributed by atoms with E-state index in [2.05, 4.69) is 0 Å². The molecule has 1 saturated heterocycles. The van der Waals surface area contributed by atoms with Gasteiger partial charge in [0.1, 0.15) is 5.82 Å². The van der Waals surface area contributed by atoms with Crippen molar-refractivity contribution in [1.29, 1.82) is 0 Å². The zero-order valence-corrected chi connectivity index (χ0v) is 10.9. The lowest BCUT2D eigenvalue weighted by atomic mass is 10.1. The number of nitrogens with two attached hydrogens (primary N) is 1. The molecule has 1 heterocycles. The van der Waals surface area contributed by atoms with E-state index in [1.54, 1.807) is 6.07 Å². The Morgan fingerprint density at radius 3 is 2.61 bits per heavy atom. The summed E-state index contributed by atoms with van der Waals surface area (Å²) in [7, 11) is -3.37. The van der Waals surface area contributed by atoms with Crippen LogP contribution in [-0.2, 0) is 15.8 Å². The van der Waals surface area contributed by atoms with Crippen molar-refractivity contribution < 1.29 is 12.8 Å². The summed E-state index contributed by atoms with van der Waals surface area (Å²) >= 11 is 0. The van der Waals surface area contributed by atoms with Gasteiger partial charge in [-0.15, -0.1) is 0 Å². The molecule has 0 aromatic heterocycles. The molecule has 2 rings (SSSR count). The molecule has 0 spiro atoms. The van der Waals surface area contributed by atoms with Crippen molar-refractivity contribution in [2.45, 2.75) is 24.6 Å². The molecule has 0 radical (unpaired) electrons. The highest BCUT2D eigenvalue weighted by Gasteiger charge is 2.26. The summed E-state index contributed by atoms with van der Waals surface area (Å²) in [4.78, 5) is 0. The molecule has 0 unspecified atom stereocenters. The van der Waals surface area contributed by atoms with Gasteiger partial charge in [0, 0.05) is 19.1 Å². The minimum absolute atomic E-state index is 0.0885. The predicted molar refractivity (Wildman–Crippen MR) is 67.8 cm³/mol. The first-order valence-electron chi connectivity index (χ1n) is 5.95. The molecule has 0 amide bonds. The molecule has 2 N–H and O–H groups in total. The summed E-state index contributed by atoms with van der Waals surface area (Å²) in [6, 6.07) is 5.79. The van der Waals surface area contributed by atoms with E-state index in [9.17, 15) is 12.8 Å². The second-order valence-corrected chi connectivity index (χ2v) is 6.59. The van der Waals surface area contributed by atoms with Crippen molar-refractivity contribution in [3.05, 3.63) is 35.6 Å². The Morgan fingerprint density at radius 2 is 2.00 bits per heavy atom. The van der Waals surface area contributed by atoms with E-state index in [1.165, 1.54) is 22.5 Å². The van der Waals surface area contributed by atoms with E-state index in [0.29, 0.717) is 31.5 Å². The van der Waals surface area contributed by atoms with Gasteiger partial charge >= 0.3 is 0 Å². The molecule has 1 aromatic carbocycles. The minimum atomic E-state index is -3.37. The van der Waals surface area contributed by atoms with Gasteiger partial charge in [-0.2, -0.15) is 0 Å². The van der Waals surface area contributed by atoms with Crippen LogP contribution in [0.5, 0.6) is 0 Å². The molecule has 1 aliphatic rings. The van der Waals surface area contributed by atoms with Crippen LogP contribution in [0.25, 0.3) is 0 Å². The molecule has 0 aliphatic carbocycles. The lowest BCUT2D eigenvalue weighted by Crippen LogP contribution is -2.43. The lowest BCUT2D eigenvalue weighted by Gasteiger charge is -2.29. The van der Waals surface area contributed by atoms with E-state index in [1.807, 2.05) is 0 Å². The molecule has 0 saturated carbocycles. The van der Waals surface area contributed by atoms with E-state index >= 15 is 0 Å². The van der Waals surface area contributed by atoms with Gasteiger partial charge < -0.3 is 5.73 Å². The molecule has 4 nitrogen and oxygen atoms in total. The first-order valence-corrected chi connectivity index (χ1v) is 7.56. The number of halogens is 1. The van der Waals surface area contributed by atoms with Crippen molar-refractivity contribution in [3.8, 4) is 0 Å². The van der Waals surface area contributed by atoms with Crippen molar-refractivity contribution in [2.24, 2.45) is 5.73 Å². The molecule has 1 aromatic rings. The van der Waals surface area contributed by atoms with E-state index in [4.69, 9.17) is 5.73 Å². The molecule has 18 heavy (non-hydrogen) atoms. The molecule has 1 aliphatic heterocycles. The summed E-state index contributed by atoms with van der Waals surface area (Å²) in [6.07, 6.45) is 1.37. The normalized spacial score (nSPS) is 19.0. The predicted octanol–water partition coefficient (Wildman–Crippen LogP) is 1.08. The number of rotatable bonds is 3. The molecular weight excluding hydrogens is 255 g/mol. The Hall–Kier alpha value is -0.980. The quantitative estimate of drug-likeness (QED) is 0.895. The van der Waals surface area contributed by atoms with Crippen LogP contribution in [0.2, 0.25) is 0 Å². The van der Waals surface area contributed by atoms with Gasteiger partial charge in [-0.05, 0) is 30.5 Å². The van der Waals surface area contributed by atoms with Crippen molar-refractivity contribution in [1.82, 2.24) is 4.31 Å². The van der Waals surface area contributed by atoms with Gasteiger partial charge in [-0.3, -0.25) is 0 Å². The summed E-state index contributed by atoms with van der Waals surface area (Å²) in [5, 5.41) is 0. The molecule has 100 valence electrons. The van der Waals surface area contributed by atoms with E-state index < -0.39 is 15.8 Å². The number of sulfonamides is 1. The first kappa shape index (κ1) is 13.5. The Bertz CT molecular complexity index is 511. The summed E-state index contributed by atoms with van der Waals surface area (Å²) in [6.45, 7) is 0.914. The summed E-state index contributed by atoms with van der Waals surface area (Å²) in [5.41, 5.74) is 6.22. The minimum Gasteiger partial charge on any atom is -0.328 e. The topological polar surface area (TPSA) is 63.4 Å². The fourth-order valence-corrected chi connectivity index (χ4v) is 3.63. The number of hydrogen-bond acceptors (Lipinski definition) is 3. The van der Waals surface area contributed by atoms with Crippen LogP contribution in [-0.4, -0.2) is 31.9 Å². The van der Waals surface area contributed by atoms with Crippen LogP contribution >= 0.6 is 0 Å². The number of hydrogen-bond donors (Lipinski definition) is 1. The SMILES string of the molecule is NC1CCN(S(=O)(=O)Cc2cccc(F)c2)CC1. The number of piperidine rings is 1. The highest BCUT2D eigenvalue weighted by Crippen LogP contribution is 2.17. The highest BCUT2D eigenvalue weighted by molar-refractivity contribution is 7.88. The van der Waals surface area contributed by atoms with Crippen LogP contribution in [0.15, 0.2) is 24.3 Å². The van der Waals surface area contributed by atoms with Crippen LogP contribution in [0.4, 0.5) is 4.39 Å². The Labute approximate surface area is 107 Å². The fourth-order valence-electron chi connectivity index (χ4n) is 2.08. The van der Waals surface area contributed by atoms with Crippen LogP contribution in [0.3, 0.4) is 0 Å². The number of nitrogens with zero attached hydrogens (tertiary/aromatic N) is 1. The molecule has 0 atom stereocenters. The fraction of sp³-hybridized carbons (Fsp3) is 0.500. The lowest BCUT2D eigenvalue weighted by molar-refractivity contribution is 0.319. The highest BCUT2D eigenvalue weighted by atomic mass is 32.2. The van der Waals surface area contributed by atoms with Gasteiger partial charge in [0.2, 0.25) is 10.0 Å². The maximum Gasteiger partial charge on any atom is 0.218 e. The van der Waals surface area contributed by atoms with Crippen molar-refractivity contribution in [2.75, 3.05) is 13.1 Å². The molecular formula is C12H17FN2O2S. The smallest absolute Gasteiger partial charge is 0.218 e. The van der Waals surface area contributed by atoms with Gasteiger partial charge in [0.15, 0.2) is 0 Å². The van der Waals surface area contributed by atoms with E-state index in [-0.39, 0.29) is 11.8 Å². The van der Waals surface area contributed by atoms with Crippen LogP contribution < -0.4 is 5.73 Å². The van der Waals surface area contributed by atoms with Gasteiger partial charge in [0.25, 0.3) is 0 Å². The third kappa shape index (κ3) is 3.28. The van der Waals surface area contributed by atoms with Crippen LogP contribution in [0, 0.1) is 5.82 Å². The van der Waals surface area contributed by atoms with Gasteiger partial charge in [-0.25, -0.2) is 17.1 Å². The average Bonchev–Trinajstić information content (AvgIpc) is 2.29. The third-order valence-electron chi connectivity index (χ3n) is 3.13. The molecule has 0 bridgehead atoms. The molecule has 6 heteroatoms. The van der Waals surface area contributed by atoms with E-state index in [0.717, 1.165) is 0 Å². The second kappa shape index (κ2) is 5.34. The monoisotopic (exact) mass is 272 g/mol. The number of benzene rings is 1. The second-order valence-electron chi connectivity index (χ2n) is 4.62.